The van der Waals surface area contributed by atoms with Crippen LogP contribution < -0.4 is 10.1 Å². The SMILES string of the molecule is CCCn1c(CNc2ccc(OCC)c(CO)c2)nc2ccccc21. The zero-order valence-electron chi connectivity index (χ0n) is 14.8. The highest BCUT2D eigenvalue weighted by Crippen LogP contribution is 2.24. The number of aliphatic hydroxyl groups is 1. The molecule has 25 heavy (non-hydrogen) atoms. The van der Waals surface area contributed by atoms with Gasteiger partial charge in [-0.2, -0.15) is 0 Å². The fourth-order valence-corrected chi connectivity index (χ4v) is 3.02. The molecule has 5 heteroatoms. The van der Waals surface area contributed by atoms with Crippen LogP contribution >= 0.6 is 0 Å². The van der Waals surface area contributed by atoms with E-state index in [4.69, 9.17) is 9.72 Å². The smallest absolute Gasteiger partial charge is 0.129 e. The largest absolute Gasteiger partial charge is 0.494 e. The van der Waals surface area contributed by atoms with Crippen molar-refractivity contribution in [3.63, 3.8) is 0 Å². The molecule has 0 amide bonds. The summed E-state index contributed by atoms with van der Waals surface area (Å²) in [5, 5.41) is 13.0. The van der Waals surface area contributed by atoms with Gasteiger partial charge in [-0.25, -0.2) is 4.98 Å². The Labute approximate surface area is 148 Å². The Bertz CT molecular complexity index is 842. The van der Waals surface area contributed by atoms with Crippen molar-refractivity contribution >= 4 is 16.7 Å². The molecule has 0 atom stereocenters. The van der Waals surface area contributed by atoms with Crippen LogP contribution in [0.2, 0.25) is 0 Å². The van der Waals surface area contributed by atoms with Crippen LogP contribution in [-0.4, -0.2) is 21.3 Å². The molecule has 0 aliphatic carbocycles. The summed E-state index contributed by atoms with van der Waals surface area (Å²) in [5.74, 6) is 1.75. The van der Waals surface area contributed by atoms with Crippen LogP contribution in [0, 0.1) is 0 Å². The van der Waals surface area contributed by atoms with Crippen LogP contribution in [0.3, 0.4) is 0 Å². The molecule has 5 nitrogen and oxygen atoms in total. The topological polar surface area (TPSA) is 59.3 Å². The van der Waals surface area contributed by atoms with E-state index >= 15 is 0 Å². The zero-order chi connectivity index (χ0) is 17.6. The van der Waals surface area contributed by atoms with Gasteiger partial charge in [-0.15, -0.1) is 0 Å². The van der Waals surface area contributed by atoms with Crippen molar-refractivity contribution in [1.82, 2.24) is 9.55 Å². The molecule has 2 aromatic carbocycles. The second-order valence-electron chi connectivity index (χ2n) is 5.94. The second-order valence-corrected chi connectivity index (χ2v) is 5.94. The standard InChI is InChI=1S/C20H25N3O2/c1-3-11-23-18-8-6-5-7-17(18)22-20(23)13-21-16-9-10-19(25-4-2)15(12-16)14-24/h5-10,12,21,24H,3-4,11,13-14H2,1-2H3. The minimum Gasteiger partial charge on any atom is -0.494 e. The summed E-state index contributed by atoms with van der Waals surface area (Å²) >= 11 is 0. The maximum Gasteiger partial charge on any atom is 0.129 e. The van der Waals surface area contributed by atoms with E-state index in [1.807, 2.05) is 43.3 Å². The molecule has 0 radical (unpaired) electrons. The molecule has 0 bridgehead atoms. The average molecular weight is 339 g/mol. The first-order valence-corrected chi connectivity index (χ1v) is 8.81. The highest BCUT2D eigenvalue weighted by atomic mass is 16.5. The van der Waals surface area contributed by atoms with Crippen LogP contribution in [0.4, 0.5) is 5.69 Å². The van der Waals surface area contributed by atoms with E-state index in [1.165, 1.54) is 5.52 Å². The molecule has 132 valence electrons. The highest BCUT2D eigenvalue weighted by molar-refractivity contribution is 5.76. The molecule has 1 heterocycles. The van der Waals surface area contributed by atoms with Crippen molar-refractivity contribution in [2.24, 2.45) is 0 Å². The zero-order valence-corrected chi connectivity index (χ0v) is 14.8. The third-order valence-electron chi connectivity index (χ3n) is 4.16. The van der Waals surface area contributed by atoms with Gasteiger partial charge in [0.25, 0.3) is 0 Å². The van der Waals surface area contributed by atoms with Crippen LogP contribution in [0.5, 0.6) is 5.75 Å². The van der Waals surface area contributed by atoms with Crippen molar-refractivity contribution in [3.8, 4) is 5.75 Å². The third-order valence-corrected chi connectivity index (χ3v) is 4.16. The lowest BCUT2D eigenvalue weighted by atomic mass is 10.2. The number of nitrogens with zero attached hydrogens (tertiary/aromatic N) is 2. The number of aryl methyl sites for hydroxylation is 1. The van der Waals surface area contributed by atoms with Crippen molar-refractivity contribution in [2.75, 3.05) is 11.9 Å². The summed E-state index contributed by atoms with van der Waals surface area (Å²) in [5.41, 5.74) is 3.93. The van der Waals surface area contributed by atoms with Gasteiger partial charge in [-0.1, -0.05) is 19.1 Å². The van der Waals surface area contributed by atoms with Gasteiger partial charge in [0.05, 0.1) is 30.8 Å². The lowest BCUT2D eigenvalue weighted by molar-refractivity contribution is 0.267. The Balaban J connectivity index is 1.81. The summed E-state index contributed by atoms with van der Waals surface area (Å²) in [6, 6.07) is 14.0. The van der Waals surface area contributed by atoms with E-state index in [1.54, 1.807) is 0 Å². The van der Waals surface area contributed by atoms with E-state index in [9.17, 15) is 5.11 Å². The molecule has 0 saturated carbocycles. The fraction of sp³-hybridized carbons (Fsp3) is 0.350. The number of para-hydroxylation sites is 2. The third kappa shape index (κ3) is 3.77. The van der Waals surface area contributed by atoms with Gasteiger partial charge < -0.3 is 19.7 Å². The van der Waals surface area contributed by atoms with Crippen molar-refractivity contribution in [1.29, 1.82) is 0 Å². The highest BCUT2D eigenvalue weighted by Gasteiger charge is 2.10. The first-order chi connectivity index (χ1) is 12.3. The molecule has 0 aliphatic heterocycles. The quantitative estimate of drug-likeness (QED) is 0.652. The monoisotopic (exact) mass is 339 g/mol. The van der Waals surface area contributed by atoms with Gasteiger partial charge in [0.2, 0.25) is 0 Å². The number of hydrogen-bond acceptors (Lipinski definition) is 4. The molecule has 1 aromatic heterocycles. The van der Waals surface area contributed by atoms with Crippen LogP contribution in [0.15, 0.2) is 42.5 Å². The molecule has 3 aromatic rings. The molecular weight excluding hydrogens is 314 g/mol. The van der Waals surface area contributed by atoms with E-state index in [-0.39, 0.29) is 6.61 Å². The molecule has 0 spiro atoms. The number of ether oxygens (including phenoxy) is 1. The van der Waals surface area contributed by atoms with Gasteiger partial charge in [-0.05, 0) is 43.7 Å². The van der Waals surface area contributed by atoms with Crippen molar-refractivity contribution in [2.45, 2.75) is 40.0 Å². The second kappa shape index (κ2) is 8.03. The van der Waals surface area contributed by atoms with E-state index in [2.05, 4.69) is 22.9 Å². The number of aliphatic hydroxyl groups excluding tert-OH is 1. The van der Waals surface area contributed by atoms with Gasteiger partial charge in [0.1, 0.15) is 11.6 Å². The van der Waals surface area contributed by atoms with Crippen LogP contribution in [0.1, 0.15) is 31.7 Å². The van der Waals surface area contributed by atoms with Gasteiger partial charge in [-0.3, -0.25) is 0 Å². The predicted molar refractivity (Wildman–Crippen MR) is 101 cm³/mol. The number of benzene rings is 2. The Morgan fingerprint density at radius 3 is 2.76 bits per heavy atom. The molecule has 2 N–H and O–H groups in total. The number of imidazole rings is 1. The molecule has 0 fully saturated rings. The first-order valence-electron chi connectivity index (χ1n) is 8.81. The molecule has 3 rings (SSSR count). The van der Waals surface area contributed by atoms with Gasteiger partial charge in [0.15, 0.2) is 0 Å². The van der Waals surface area contributed by atoms with Gasteiger partial charge in [0, 0.05) is 17.8 Å². The van der Waals surface area contributed by atoms with Crippen LogP contribution in [0.25, 0.3) is 11.0 Å². The number of rotatable bonds is 8. The number of anilines is 1. The Kier molecular flexibility index (Phi) is 5.56. The summed E-state index contributed by atoms with van der Waals surface area (Å²) in [4.78, 5) is 4.76. The Morgan fingerprint density at radius 2 is 2.00 bits per heavy atom. The number of aromatic nitrogens is 2. The minimum absolute atomic E-state index is 0.0425. The van der Waals surface area contributed by atoms with Crippen LogP contribution in [-0.2, 0) is 19.7 Å². The number of nitrogens with one attached hydrogen (secondary N) is 1. The molecular formula is C20H25N3O2. The maximum atomic E-state index is 9.54. The fourth-order valence-electron chi connectivity index (χ4n) is 3.02. The molecule has 0 aliphatic rings. The number of hydrogen-bond donors (Lipinski definition) is 2. The Hall–Kier alpha value is -2.53. The van der Waals surface area contributed by atoms with E-state index in [0.717, 1.165) is 41.3 Å². The van der Waals surface area contributed by atoms with Gasteiger partial charge >= 0.3 is 0 Å². The Morgan fingerprint density at radius 1 is 1.16 bits per heavy atom. The minimum atomic E-state index is -0.0425. The normalized spacial score (nSPS) is 11.0. The van der Waals surface area contributed by atoms with Crippen molar-refractivity contribution in [3.05, 3.63) is 53.9 Å². The predicted octanol–water partition coefficient (Wildman–Crippen LogP) is 3.95. The van der Waals surface area contributed by atoms with Crippen molar-refractivity contribution < 1.29 is 9.84 Å². The summed E-state index contributed by atoms with van der Waals surface area (Å²) in [7, 11) is 0. The summed E-state index contributed by atoms with van der Waals surface area (Å²) in [6.07, 6.45) is 1.06. The summed E-state index contributed by atoms with van der Waals surface area (Å²) in [6.45, 7) is 6.23. The molecule has 0 saturated heterocycles. The summed E-state index contributed by atoms with van der Waals surface area (Å²) < 4.78 is 7.80. The van der Waals surface area contributed by atoms with E-state index < -0.39 is 0 Å². The lowest BCUT2D eigenvalue weighted by Gasteiger charge is -2.13. The van der Waals surface area contributed by atoms with E-state index in [0.29, 0.717) is 13.2 Å². The lowest BCUT2D eigenvalue weighted by Crippen LogP contribution is -2.09. The maximum absolute atomic E-state index is 9.54. The number of fused-ring (bicyclic) bond motifs is 1. The first kappa shape index (κ1) is 17.3. The molecule has 0 unspecified atom stereocenters. The average Bonchev–Trinajstić information content (AvgIpc) is 2.99.